The van der Waals surface area contributed by atoms with Gasteiger partial charge in [0, 0.05) is 26.6 Å². The molecule has 118 valence electrons. The van der Waals surface area contributed by atoms with E-state index in [1.54, 1.807) is 25.3 Å². The quantitative estimate of drug-likeness (QED) is 0.698. The number of halogens is 2. The van der Waals surface area contributed by atoms with Crippen LogP contribution in [-0.2, 0) is 11.3 Å². The van der Waals surface area contributed by atoms with E-state index in [9.17, 15) is 4.79 Å². The highest BCUT2D eigenvalue weighted by molar-refractivity contribution is 9.10. The number of rotatable bonds is 4. The van der Waals surface area contributed by atoms with E-state index in [4.69, 9.17) is 16.3 Å². The van der Waals surface area contributed by atoms with Gasteiger partial charge in [0.05, 0.1) is 12.8 Å². The second-order valence-corrected chi connectivity index (χ2v) is 6.39. The van der Waals surface area contributed by atoms with Gasteiger partial charge in [0.1, 0.15) is 12.3 Å². The summed E-state index contributed by atoms with van der Waals surface area (Å²) in [4.78, 5) is 12.3. The Morgan fingerprint density at radius 2 is 2.09 bits per heavy atom. The Bertz CT molecular complexity index is 876. The number of fused-ring (bicyclic) bond motifs is 1. The highest BCUT2D eigenvalue weighted by atomic mass is 79.9. The predicted molar refractivity (Wildman–Crippen MR) is 96.3 cm³/mol. The molecule has 0 unspecified atom stereocenters. The molecule has 0 saturated heterocycles. The van der Waals surface area contributed by atoms with Crippen molar-refractivity contribution < 1.29 is 9.53 Å². The van der Waals surface area contributed by atoms with E-state index in [0.717, 1.165) is 15.4 Å². The number of methoxy groups -OCH3 is 1. The third-order valence-electron chi connectivity index (χ3n) is 3.48. The van der Waals surface area contributed by atoms with Crippen molar-refractivity contribution in [1.82, 2.24) is 4.57 Å². The van der Waals surface area contributed by atoms with Crippen molar-refractivity contribution in [2.45, 2.75) is 6.54 Å². The first kappa shape index (κ1) is 15.9. The molecule has 0 aliphatic rings. The first-order valence-corrected chi connectivity index (χ1v) is 8.12. The summed E-state index contributed by atoms with van der Waals surface area (Å²) in [6.07, 6.45) is 1.89. The molecule has 0 fully saturated rings. The summed E-state index contributed by atoms with van der Waals surface area (Å²) in [7, 11) is 1.55. The maximum atomic E-state index is 12.3. The van der Waals surface area contributed by atoms with Crippen LogP contribution < -0.4 is 10.1 Å². The fourth-order valence-electron chi connectivity index (χ4n) is 2.43. The second kappa shape index (κ2) is 6.64. The zero-order chi connectivity index (χ0) is 16.4. The normalized spacial score (nSPS) is 10.7. The summed E-state index contributed by atoms with van der Waals surface area (Å²) in [6, 6.07) is 13.0. The maximum absolute atomic E-state index is 12.3. The van der Waals surface area contributed by atoms with Gasteiger partial charge in [-0.25, -0.2) is 0 Å². The number of hydrogen-bond donors (Lipinski definition) is 1. The van der Waals surface area contributed by atoms with E-state index in [1.165, 1.54) is 0 Å². The van der Waals surface area contributed by atoms with Crippen LogP contribution in [0.15, 0.2) is 53.1 Å². The van der Waals surface area contributed by atoms with E-state index in [0.29, 0.717) is 16.5 Å². The fraction of sp³-hybridized carbons (Fsp3) is 0.118. The molecule has 1 N–H and O–H groups in total. The number of benzene rings is 2. The largest absolute Gasteiger partial charge is 0.495 e. The van der Waals surface area contributed by atoms with Crippen LogP contribution in [0.3, 0.4) is 0 Å². The highest BCUT2D eigenvalue weighted by Gasteiger charge is 2.10. The topological polar surface area (TPSA) is 43.3 Å². The molecule has 0 aliphatic carbocycles. The van der Waals surface area contributed by atoms with E-state index < -0.39 is 0 Å². The van der Waals surface area contributed by atoms with Gasteiger partial charge < -0.3 is 14.6 Å². The van der Waals surface area contributed by atoms with E-state index in [1.807, 2.05) is 35.0 Å². The van der Waals surface area contributed by atoms with E-state index in [2.05, 4.69) is 21.2 Å². The highest BCUT2D eigenvalue weighted by Crippen LogP contribution is 2.28. The zero-order valence-corrected chi connectivity index (χ0v) is 14.7. The number of carbonyl (C=O) groups is 1. The van der Waals surface area contributed by atoms with Crippen LogP contribution in [0.2, 0.25) is 5.02 Å². The van der Waals surface area contributed by atoms with Crippen molar-refractivity contribution in [3.05, 3.63) is 58.2 Å². The summed E-state index contributed by atoms with van der Waals surface area (Å²) in [5.41, 5.74) is 1.56. The number of hydrogen-bond acceptors (Lipinski definition) is 2. The van der Waals surface area contributed by atoms with Crippen molar-refractivity contribution in [3.63, 3.8) is 0 Å². The molecule has 1 aromatic heterocycles. The molecular formula is C17H14BrClN2O2. The van der Waals surface area contributed by atoms with Crippen molar-refractivity contribution in [3.8, 4) is 5.75 Å². The van der Waals surface area contributed by atoms with Gasteiger partial charge in [0.25, 0.3) is 0 Å². The molecule has 3 rings (SSSR count). The molecule has 0 bridgehead atoms. The lowest BCUT2D eigenvalue weighted by Gasteiger charge is -2.11. The Kier molecular flexibility index (Phi) is 4.59. The minimum Gasteiger partial charge on any atom is -0.495 e. The summed E-state index contributed by atoms with van der Waals surface area (Å²) in [6.45, 7) is 0.209. The van der Waals surface area contributed by atoms with Crippen molar-refractivity contribution in [2.24, 2.45) is 0 Å². The van der Waals surface area contributed by atoms with Gasteiger partial charge in [-0.05, 0) is 42.5 Å². The molecule has 4 nitrogen and oxygen atoms in total. The lowest BCUT2D eigenvalue weighted by Crippen LogP contribution is -2.18. The number of carbonyl (C=O) groups excluding carboxylic acids is 1. The van der Waals surface area contributed by atoms with Crippen LogP contribution in [0, 0.1) is 0 Å². The Labute approximate surface area is 147 Å². The van der Waals surface area contributed by atoms with E-state index in [-0.39, 0.29) is 12.5 Å². The molecule has 2 aromatic carbocycles. The molecule has 0 radical (unpaired) electrons. The number of amides is 1. The Morgan fingerprint density at radius 1 is 1.26 bits per heavy atom. The molecule has 0 atom stereocenters. The summed E-state index contributed by atoms with van der Waals surface area (Å²) in [5.74, 6) is 0.426. The molecule has 3 aromatic rings. The molecule has 1 heterocycles. The third-order valence-corrected chi connectivity index (χ3v) is 4.21. The van der Waals surface area contributed by atoms with Gasteiger partial charge in [0.2, 0.25) is 5.91 Å². The van der Waals surface area contributed by atoms with Gasteiger partial charge in [-0.2, -0.15) is 0 Å². The SMILES string of the molecule is COc1ccc(Cl)cc1NC(=O)Cn1ccc2cc(Br)ccc21. The average molecular weight is 394 g/mol. The Hall–Kier alpha value is -1.98. The number of aromatic nitrogens is 1. The van der Waals surface area contributed by atoms with Crippen LogP contribution in [0.4, 0.5) is 5.69 Å². The minimum absolute atomic E-state index is 0.147. The molecule has 6 heteroatoms. The average Bonchev–Trinajstić information content (AvgIpc) is 2.89. The number of nitrogens with one attached hydrogen (secondary N) is 1. The molecule has 0 saturated carbocycles. The Balaban J connectivity index is 1.80. The number of nitrogens with zero attached hydrogens (tertiary/aromatic N) is 1. The van der Waals surface area contributed by atoms with Crippen LogP contribution >= 0.6 is 27.5 Å². The van der Waals surface area contributed by atoms with Crippen LogP contribution in [0.1, 0.15) is 0 Å². The standard InChI is InChI=1S/C17H14BrClN2O2/c1-23-16-5-3-13(19)9-14(16)20-17(22)10-21-7-6-11-8-12(18)2-4-15(11)21/h2-9H,10H2,1H3,(H,20,22). The van der Waals surface area contributed by atoms with Crippen LogP contribution in [0.5, 0.6) is 5.75 Å². The maximum Gasteiger partial charge on any atom is 0.244 e. The van der Waals surface area contributed by atoms with Gasteiger partial charge >= 0.3 is 0 Å². The van der Waals surface area contributed by atoms with Gasteiger partial charge in [-0.3, -0.25) is 4.79 Å². The lowest BCUT2D eigenvalue weighted by atomic mass is 10.2. The van der Waals surface area contributed by atoms with Crippen molar-refractivity contribution in [1.29, 1.82) is 0 Å². The van der Waals surface area contributed by atoms with Crippen molar-refractivity contribution in [2.75, 3.05) is 12.4 Å². The third kappa shape index (κ3) is 3.51. The lowest BCUT2D eigenvalue weighted by molar-refractivity contribution is -0.116. The predicted octanol–water partition coefficient (Wildman–Crippen LogP) is 4.70. The molecule has 0 spiro atoms. The van der Waals surface area contributed by atoms with Gasteiger partial charge in [0.15, 0.2) is 0 Å². The first-order chi connectivity index (χ1) is 11.1. The summed E-state index contributed by atoms with van der Waals surface area (Å²) < 4.78 is 8.14. The monoisotopic (exact) mass is 392 g/mol. The molecule has 23 heavy (non-hydrogen) atoms. The summed E-state index contributed by atoms with van der Waals surface area (Å²) in [5, 5.41) is 4.45. The zero-order valence-electron chi connectivity index (χ0n) is 12.3. The van der Waals surface area contributed by atoms with Crippen LogP contribution in [0.25, 0.3) is 10.9 Å². The number of anilines is 1. The number of ether oxygens (including phenoxy) is 1. The second-order valence-electron chi connectivity index (χ2n) is 5.04. The smallest absolute Gasteiger partial charge is 0.244 e. The molecule has 1 amide bonds. The molecule has 0 aliphatic heterocycles. The van der Waals surface area contributed by atoms with Crippen molar-refractivity contribution >= 4 is 50.0 Å². The Morgan fingerprint density at radius 3 is 2.87 bits per heavy atom. The van der Waals surface area contributed by atoms with E-state index >= 15 is 0 Å². The summed E-state index contributed by atoms with van der Waals surface area (Å²) >= 11 is 9.42. The minimum atomic E-state index is -0.147. The first-order valence-electron chi connectivity index (χ1n) is 6.94. The van der Waals surface area contributed by atoms with Crippen LogP contribution in [-0.4, -0.2) is 17.6 Å². The van der Waals surface area contributed by atoms with Gasteiger partial charge in [-0.1, -0.05) is 27.5 Å². The fourth-order valence-corrected chi connectivity index (χ4v) is 2.98. The molecular weight excluding hydrogens is 380 g/mol. The van der Waals surface area contributed by atoms with Gasteiger partial charge in [-0.15, -0.1) is 0 Å².